The van der Waals surface area contributed by atoms with Crippen LogP contribution in [0.15, 0.2) is 42.1 Å². The lowest BCUT2D eigenvalue weighted by atomic mass is 9.91. The smallest absolute Gasteiger partial charge is 0.316 e. The summed E-state index contributed by atoms with van der Waals surface area (Å²) >= 11 is 0. The third-order valence-corrected chi connectivity index (χ3v) is 3.46. The third kappa shape index (κ3) is 3.70. The standard InChI is InChI=1S/C16H19NO3/c1-20-16(19)14-8-7-13(11-15(14)18)17-10-9-12-5-3-2-4-6-12/h2-6,11,14,17H,7-10H2,1H3. The second-order valence-electron chi connectivity index (χ2n) is 4.85. The van der Waals surface area contributed by atoms with Gasteiger partial charge in [0.15, 0.2) is 5.78 Å². The van der Waals surface area contributed by atoms with Crippen molar-refractivity contribution in [3.63, 3.8) is 0 Å². The first-order chi connectivity index (χ1) is 9.70. The van der Waals surface area contributed by atoms with Crippen molar-refractivity contribution in [2.45, 2.75) is 19.3 Å². The topological polar surface area (TPSA) is 55.4 Å². The molecular weight excluding hydrogens is 254 g/mol. The highest BCUT2D eigenvalue weighted by Gasteiger charge is 2.29. The van der Waals surface area contributed by atoms with Crippen molar-refractivity contribution >= 4 is 11.8 Å². The van der Waals surface area contributed by atoms with E-state index in [4.69, 9.17) is 0 Å². The molecule has 4 nitrogen and oxygen atoms in total. The normalized spacial score (nSPS) is 18.4. The van der Waals surface area contributed by atoms with E-state index in [1.54, 1.807) is 0 Å². The highest BCUT2D eigenvalue weighted by Crippen LogP contribution is 2.20. The van der Waals surface area contributed by atoms with Crippen LogP contribution in [0, 0.1) is 5.92 Å². The molecule has 1 aromatic rings. The van der Waals surface area contributed by atoms with Gasteiger partial charge in [0.25, 0.3) is 0 Å². The van der Waals surface area contributed by atoms with Crippen molar-refractivity contribution in [2.24, 2.45) is 5.92 Å². The molecule has 0 bridgehead atoms. The Labute approximate surface area is 118 Å². The number of ketones is 1. The Balaban J connectivity index is 1.83. The van der Waals surface area contributed by atoms with Crippen molar-refractivity contribution in [3.05, 3.63) is 47.7 Å². The summed E-state index contributed by atoms with van der Waals surface area (Å²) < 4.78 is 4.62. The van der Waals surface area contributed by atoms with Gasteiger partial charge in [-0.25, -0.2) is 0 Å². The first kappa shape index (κ1) is 14.3. The summed E-state index contributed by atoms with van der Waals surface area (Å²) in [4.78, 5) is 23.2. The summed E-state index contributed by atoms with van der Waals surface area (Å²) in [5.41, 5.74) is 2.17. The zero-order valence-electron chi connectivity index (χ0n) is 11.6. The van der Waals surface area contributed by atoms with Gasteiger partial charge in [-0.05, 0) is 24.8 Å². The van der Waals surface area contributed by atoms with Gasteiger partial charge < -0.3 is 10.1 Å². The van der Waals surface area contributed by atoms with E-state index in [0.717, 1.165) is 18.7 Å². The zero-order chi connectivity index (χ0) is 14.4. The first-order valence-corrected chi connectivity index (χ1v) is 6.80. The minimum Gasteiger partial charge on any atom is -0.468 e. The number of rotatable bonds is 5. The van der Waals surface area contributed by atoms with Crippen LogP contribution in [0.2, 0.25) is 0 Å². The average molecular weight is 273 g/mol. The summed E-state index contributed by atoms with van der Waals surface area (Å²) in [5, 5.41) is 3.27. The largest absolute Gasteiger partial charge is 0.468 e. The quantitative estimate of drug-likeness (QED) is 0.657. The van der Waals surface area contributed by atoms with Crippen LogP contribution in [0.1, 0.15) is 18.4 Å². The average Bonchev–Trinajstić information content (AvgIpc) is 2.48. The number of hydrogen-bond donors (Lipinski definition) is 1. The Morgan fingerprint density at radius 2 is 2.10 bits per heavy atom. The maximum atomic E-state index is 11.8. The number of carbonyl (C=O) groups excluding carboxylic acids is 2. The fourth-order valence-electron chi connectivity index (χ4n) is 2.31. The number of benzene rings is 1. The van der Waals surface area contributed by atoms with Crippen LogP contribution in [0.3, 0.4) is 0 Å². The van der Waals surface area contributed by atoms with Crippen molar-refractivity contribution in [1.82, 2.24) is 5.32 Å². The van der Waals surface area contributed by atoms with E-state index in [9.17, 15) is 9.59 Å². The van der Waals surface area contributed by atoms with Gasteiger partial charge in [0.2, 0.25) is 0 Å². The molecule has 106 valence electrons. The Hall–Kier alpha value is -2.10. The molecule has 1 atom stereocenters. The molecule has 0 saturated heterocycles. The Morgan fingerprint density at radius 1 is 1.35 bits per heavy atom. The van der Waals surface area contributed by atoms with Crippen molar-refractivity contribution < 1.29 is 14.3 Å². The molecule has 0 radical (unpaired) electrons. The highest BCUT2D eigenvalue weighted by atomic mass is 16.5. The summed E-state index contributed by atoms with van der Waals surface area (Å²) in [6.45, 7) is 0.784. The second kappa shape index (κ2) is 6.89. The zero-order valence-corrected chi connectivity index (χ0v) is 11.6. The minimum absolute atomic E-state index is 0.162. The molecule has 2 rings (SSSR count). The highest BCUT2D eigenvalue weighted by molar-refractivity contribution is 6.05. The Kier molecular flexibility index (Phi) is 4.93. The van der Waals surface area contributed by atoms with Crippen molar-refractivity contribution in [1.29, 1.82) is 0 Å². The van der Waals surface area contributed by atoms with E-state index in [1.165, 1.54) is 18.7 Å². The predicted octanol–water partition coefficient (Wildman–Crippen LogP) is 1.85. The van der Waals surface area contributed by atoms with Gasteiger partial charge in [-0.3, -0.25) is 9.59 Å². The molecule has 0 heterocycles. The monoisotopic (exact) mass is 273 g/mol. The van der Waals surface area contributed by atoms with E-state index in [0.29, 0.717) is 12.8 Å². The number of nitrogens with one attached hydrogen (secondary N) is 1. The molecule has 0 fully saturated rings. The molecule has 1 unspecified atom stereocenters. The molecule has 0 spiro atoms. The van der Waals surface area contributed by atoms with Gasteiger partial charge in [0, 0.05) is 18.3 Å². The number of ether oxygens (including phenoxy) is 1. The van der Waals surface area contributed by atoms with E-state index < -0.39 is 11.9 Å². The summed E-state index contributed by atoms with van der Waals surface area (Å²) in [5.74, 6) is -1.22. The van der Waals surface area contributed by atoms with Gasteiger partial charge in [-0.2, -0.15) is 0 Å². The van der Waals surface area contributed by atoms with Gasteiger partial charge >= 0.3 is 5.97 Å². The van der Waals surface area contributed by atoms with Crippen LogP contribution < -0.4 is 5.32 Å². The van der Waals surface area contributed by atoms with E-state index >= 15 is 0 Å². The number of allylic oxidation sites excluding steroid dienone is 2. The maximum absolute atomic E-state index is 11.8. The molecule has 1 aliphatic rings. The summed E-state index contributed by atoms with van der Waals surface area (Å²) in [6, 6.07) is 10.2. The van der Waals surface area contributed by atoms with Gasteiger partial charge in [0.1, 0.15) is 5.92 Å². The fourth-order valence-corrected chi connectivity index (χ4v) is 2.31. The lowest BCUT2D eigenvalue weighted by Gasteiger charge is -2.20. The van der Waals surface area contributed by atoms with Crippen LogP contribution in [-0.4, -0.2) is 25.4 Å². The van der Waals surface area contributed by atoms with E-state index in [1.807, 2.05) is 18.2 Å². The summed E-state index contributed by atoms with van der Waals surface area (Å²) in [6.07, 6.45) is 3.68. The predicted molar refractivity (Wildman–Crippen MR) is 76.0 cm³/mol. The van der Waals surface area contributed by atoms with Crippen LogP contribution in [0.4, 0.5) is 0 Å². The van der Waals surface area contributed by atoms with Gasteiger partial charge in [-0.15, -0.1) is 0 Å². The summed E-state index contributed by atoms with van der Waals surface area (Å²) in [7, 11) is 1.31. The molecule has 1 aromatic carbocycles. The number of hydrogen-bond acceptors (Lipinski definition) is 4. The molecule has 1 N–H and O–H groups in total. The molecule has 4 heteroatoms. The SMILES string of the molecule is COC(=O)C1CCC(NCCc2ccccc2)=CC1=O. The molecule has 0 saturated carbocycles. The molecule has 1 aliphatic carbocycles. The second-order valence-corrected chi connectivity index (χ2v) is 4.85. The van der Waals surface area contributed by atoms with Crippen LogP contribution in [-0.2, 0) is 20.7 Å². The molecule has 0 amide bonds. The third-order valence-electron chi connectivity index (χ3n) is 3.46. The van der Waals surface area contributed by atoms with Crippen LogP contribution in [0.5, 0.6) is 0 Å². The Morgan fingerprint density at radius 3 is 2.75 bits per heavy atom. The number of methoxy groups -OCH3 is 1. The fraction of sp³-hybridized carbons (Fsp3) is 0.375. The van der Waals surface area contributed by atoms with Crippen LogP contribution in [0.25, 0.3) is 0 Å². The van der Waals surface area contributed by atoms with Gasteiger partial charge in [0.05, 0.1) is 7.11 Å². The van der Waals surface area contributed by atoms with E-state index in [-0.39, 0.29) is 5.78 Å². The Bertz CT molecular complexity index is 508. The van der Waals surface area contributed by atoms with Gasteiger partial charge in [-0.1, -0.05) is 30.3 Å². The first-order valence-electron chi connectivity index (χ1n) is 6.80. The number of esters is 1. The lowest BCUT2D eigenvalue weighted by molar-refractivity contribution is -0.148. The molecule has 0 aliphatic heterocycles. The minimum atomic E-state index is -0.625. The van der Waals surface area contributed by atoms with E-state index in [2.05, 4.69) is 22.2 Å². The number of carbonyl (C=O) groups is 2. The van der Waals surface area contributed by atoms with Crippen molar-refractivity contribution in [3.8, 4) is 0 Å². The van der Waals surface area contributed by atoms with Crippen LogP contribution >= 0.6 is 0 Å². The molecule has 20 heavy (non-hydrogen) atoms. The van der Waals surface area contributed by atoms with Crippen molar-refractivity contribution in [2.75, 3.05) is 13.7 Å². The molecular formula is C16H19NO3. The maximum Gasteiger partial charge on any atom is 0.316 e. The molecule has 0 aromatic heterocycles. The lowest BCUT2D eigenvalue weighted by Crippen LogP contribution is -2.30.